The van der Waals surface area contributed by atoms with E-state index in [1.165, 1.54) is 23.5 Å². The predicted octanol–water partition coefficient (Wildman–Crippen LogP) is 3.60. The molecule has 24 heavy (non-hydrogen) atoms. The minimum absolute atomic E-state index is 0.00571. The number of Topliss-reactive ketones (excluding diaryl/α,β-unsaturated/α-hetero) is 1. The number of aromatic nitrogens is 2. The molecule has 0 saturated heterocycles. The van der Waals surface area contributed by atoms with Crippen LogP contribution in [0, 0.1) is 0 Å². The summed E-state index contributed by atoms with van der Waals surface area (Å²) in [5.74, 6) is -0.478. The summed E-state index contributed by atoms with van der Waals surface area (Å²) >= 11 is 1.35. The number of phenols is 2. The number of nitrogens with zero attached hydrogens (tertiary/aromatic N) is 2. The number of carbonyl (C=O) groups is 1. The van der Waals surface area contributed by atoms with Crippen molar-refractivity contribution in [3.05, 3.63) is 58.6 Å². The largest absolute Gasteiger partial charge is 0.508 e. The molecule has 0 unspecified atom stereocenters. The van der Waals surface area contributed by atoms with E-state index in [0.717, 1.165) is 10.6 Å². The van der Waals surface area contributed by atoms with Gasteiger partial charge in [0.15, 0.2) is 5.78 Å². The van der Waals surface area contributed by atoms with Crippen LogP contribution in [0.5, 0.6) is 11.5 Å². The molecule has 0 atom stereocenters. The average Bonchev–Trinajstić information content (AvgIpc) is 3.04. The summed E-state index contributed by atoms with van der Waals surface area (Å²) in [6, 6.07) is 12.4. The number of hydrogen-bond acceptors (Lipinski definition) is 6. The van der Waals surface area contributed by atoms with Crippen LogP contribution in [0.25, 0.3) is 10.6 Å². The van der Waals surface area contributed by atoms with Crippen molar-refractivity contribution in [3.8, 4) is 22.1 Å². The van der Waals surface area contributed by atoms with E-state index in [2.05, 4.69) is 10.2 Å². The van der Waals surface area contributed by atoms with Gasteiger partial charge in [-0.2, -0.15) is 0 Å². The van der Waals surface area contributed by atoms with Crippen LogP contribution in [0.2, 0.25) is 0 Å². The third-order valence-corrected chi connectivity index (χ3v) is 4.65. The first kappa shape index (κ1) is 16.1. The first-order valence-corrected chi connectivity index (χ1v) is 8.36. The highest BCUT2D eigenvalue weighted by molar-refractivity contribution is 7.14. The zero-order valence-corrected chi connectivity index (χ0v) is 13.9. The minimum Gasteiger partial charge on any atom is -0.508 e. The summed E-state index contributed by atoms with van der Waals surface area (Å²) in [5, 5.41) is 29.2. The van der Waals surface area contributed by atoms with Crippen LogP contribution in [-0.2, 0) is 12.8 Å². The van der Waals surface area contributed by atoms with E-state index < -0.39 is 0 Å². The van der Waals surface area contributed by atoms with Crippen molar-refractivity contribution in [1.29, 1.82) is 0 Å². The number of hydrogen-bond donors (Lipinski definition) is 2. The fourth-order valence-electron chi connectivity index (χ4n) is 2.38. The molecule has 1 aromatic heterocycles. The molecule has 0 saturated carbocycles. The maximum absolute atomic E-state index is 12.5. The zero-order valence-electron chi connectivity index (χ0n) is 13.1. The summed E-state index contributed by atoms with van der Waals surface area (Å²) in [4.78, 5) is 12.5. The lowest BCUT2D eigenvalue weighted by molar-refractivity contribution is 0.0990. The summed E-state index contributed by atoms with van der Waals surface area (Å²) in [5.41, 5.74) is 1.77. The van der Waals surface area contributed by atoms with E-state index >= 15 is 0 Å². The van der Waals surface area contributed by atoms with Crippen molar-refractivity contribution in [1.82, 2.24) is 10.2 Å². The molecule has 3 aromatic rings. The number of aromatic hydroxyl groups is 2. The maximum atomic E-state index is 12.5. The summed E-state index contributed by atoms with van der Waals surface area (Å²) < 4.78 is 0. The molecule has 0 aliphatic rings. The predicted molar refractivity (Wildman–Crippen MR) is 92.5 cm³/mol. The standard InChI is InChI=1S/C18H16N2O3S/c1-2-11-8-13(15(22)9-14(11)21)16(23)10-17-19-20-18(24-17)12-6-4-3-5-7-12/h3-9,21-22H,2,10H2,1H3. The molecule has 0 aliphatic carbocycles. The van der Waals surface area contributed by atoms with Gasteiger partial charge in [0, 0.05) is 11.6 Å². The van der Waals surface area contributed by atoms with E-state index in [-0.39, 0.29) is 29.3 Å². The molecule has 122 valence electrons. The van der Waals surface area contributed by atoms with Crippen molar-refractivity contribution in [2.24, 2.45) is 0 Å². The first-order chi connectivity index (χ1) is 11.6. The summed E-state index contributed by atoms with van der Waals surface area (Å²) in [7, 11) is 0. The molecule has 0 fully saturated rings. The molecule has 3 rings (SSSR count). The Morgan fingerprint density at radius 3 is 2.54 bits per heavy atom. The van der Waals surface area contributed by atoms with Crippen molar-refractivity contribution in [3.63, 3.8) is 0 Å². The SMILES string of the molecule is CCc1cc(C(=O)Cc2nnc(-c3ccccc3)s2)c(O)cc1O. The van der Waals surface area contributed by atoms with Gasteiger partial charge in [-0.3, -0.25) is 4.79 Å². The van der Waals surface area contributed by atoms with Crippen molar-refractivity contribution >= 4 is 17.1 Å². The fourth-order valence-corrected chi connectivity index (χ4v) is 3.23. The van der Waals surface area contributed by atoms with Gasteiger partial charge in [-0.25, -0.2) is 0 Å². The second-order valence-electron chi connectivity index (χ2n) is 5.32. The zero-order chi connectivity index (χ0) is 17.1. The van der Waals surface area contributed by atoms with Gasteiger partial charge in [-0.1, -0.05) is 48.6 Å². The van der Waals surface area contributed by atoms with Gasteiger partial charge in [-0.15, -0.1) is 10.2 Å². The molecule has 0 radical (unpaired) electrons. The lowest BCUT2D eigenvalue weighted by atomic mass is 10.0. The van der Waals surface area contributed by atoms with Gasteiger partial charge >= 0.3 is 0 Å². The Morgan fingerprint density at radius 1 is 1.08 bits per heavy atom. The van der Waals surface area contributed by atoms with Crippen LogP contribution in [0.15, 0.2) is 42.5 Å². The number of ketones is 1. The Hall–Kier alpha value is -2.73. The fraction of sp³-hybridized carbons (Fsp3) is 0.167. The second-order valence-corrected chi connectivity index (χ2v) is 6.38. The summed E-state index contributed by atoms with van der Waals surface area (Å²) in [6.07, 6.45) is 0.634. The minimum atomic E-state index is -0.252. The van der Waals surface area contributed by atoms with E-state index in [9.17, 15) is 15.0 Å². The maximum Gasteiger partial charge on any atom is 0.173 e. The number of aryl methyl sites for hydroxylation is 1. The molecular weight excluding hydrogens is 324 g/mol. The molecular formula is C18H16N2O3S. The van der Waals surface area contributed by atoms with Crippen molar-refractivity contribution < 1.29 is 15.0 Å². The van der Waals surface area contributed by atoms with E-state index in [1.54, 1.807) is 0 Å². The monoisotopic (exact) mass is 340 g/mol. The molecule has 5 nitrogen and oxygen atoms in total. The highest BCUT2D eigenvalue weighted by Gasteiger charge is 2.17. The first-order valence-electron chi connectivity index (χ1n) is 7.54. The van der Waals surface area contributed by atoms with Gasteiger partial charge < -0.3 is 10.2 Å². The van der Waals surface area contributed by atoms with Gasteiger partial charge in [0.05, 0.1) is 12.0 Å². The van der Waals surface area contributed by atoms with Crippen LogP contribution in [0.1, 0.15) is 27.9 Å². The number of benzene rings is 2. The van der Waals surface area contributed by atoms with Gasteiger partial charge in [0.2, 0.25) is 0 Å². The van der Waals surface area contributed by atoms with Gasteiger partial charge in [0.25, 0.3) is 0 Å². The lowest BCUT2D eigenvalue weighted by Crippen LogP contribution is -2.04. The van der Waals surface area contributed by atoms with Gasteiger partial charge in [-0.05, 0) is 18.1 Å². The van der Waals surface area contributed by atoms with Crippen molar-refractivity contribution in [2.45, 2.75) is 19.8 Å². The normalized spacial score (nSPS) is 10.7. The highest BCUT2D eigenvalue weighted by Crippen LogP contribution is 2.30. The molecule has 6 heteroatoms. The molecule has 2 aromatic carbocycles. The van der Waals surface area contributed by atoms with Crippen LogP contribution in [-0.4, -0.2) is 26.2 Å². The number of rotatable bonds is 5. The number of carbonyl (C=O) groups excluding carboxylic acids is 1. The van der Waals surface area contributed by atoms with E-state index in [1.807, 2.05) is 37.3 Å². The quantitative estimate of drug-likeness (QED) is 0.693. The third kappa shape index (κ3) is 3.28. The van der Waals surface area contributed by atoms with Crippen LogP contribution < -0.4 is 0 Å². The van der Waals surface area contributed by atoms with Crippen LogP contribution >= 0.6 is 11.3 Å². The van der Waals surface area contributed by atoms with Crippen molar-refractivity contribution in [2.75, 3.05) is 0 Å². The second kappa shape index (κ2) is 6.80. The highest BCUT2D eigenvalue weighted by atomic mass is 32.1. The Bertz CT molecular complexity index is 875. The number of phenolic OH excluding ortho intramolecular Hbond substituents is 2. The molecule has 2 N–H and O–H groups in total. The lowest BCUT2D eigenvalue weighted by Gasteiger charge is -2.07. The van der Waals surface area contributed by atoms with Gasteiger partial charge in [0.1, 0.15) is 21.5 Å². The smallest absolute Gasteiger partial charge is 0.173 e. The Labute approximate surface area is 143 Å². The van der Waals surface area contributed by atoms with Crippen LogP contribution in [0.4, 0.5) is 0 Å². The molecule has 0 spiro atoms. The topological polar surface area (TPSA) is 83.3 Å². The third-order valence-electron chi connectivity index (χ3n) is 3.68. The summed E-state index contributed by atoms with van der Waals surface area (Å²) in [6.45, 7) is 1.87. The molecule has 0 amide bonds. The van der Waals surface area contributed by atoms with E-state index in [4.69, 9.17) is 0 Å². The average molecular weight is 340 g/mol. The Morgan fingerprint density at radius 2 is 1.83 bits per heavy atom. The Balaban J connectivity index is 1.82. The molecule has 1 heterocycles. The van der Waals surface area contributed by atoms with Crippen LogP contribution in [0.3, 0.4) is 0 Å². The molecule has 0 aliphatic heterocycles. The van der Waals surface area contributed by atoms with E-state index in [0.29, 0.717) is 17.0 Å². The molecule has 0 bridgehead atoms. The Kier molecular flexibility index (Phi) is 4.57.